The van der Waals surface area contributed by atoms with Crippen LogP contribution in [0.4, 0.5) is 0 Å². The second kappa shape index (κ2) is 9.12. The van der Waals surface area contributed by atoms with Gasteiger partial charge in [-0.3, -0.25) is 4.79 Å². The number of aryl methyl sites for hydroxylation is 1. The van der Waals surface area contributed by atoms with E-state index in [2.05, 4.69) is 9.72 Å². The maximum atomic E-state index is 11.4. The van der Waals surface area contributed by atoms with Crippen LogP contribution < -0.4 is 0 Å². The maximum absolute atomic E-state index is 11.4. The quantitative estimate of drug-likeness (QED) is 0.511. The first-order valence-electron chi connectivity index (χ1n) is 6.84. The second-order valence-corrected chi connectivity index (χ2v) is 4.62. The van der Waals surface area contributed by atoms with E-state index >= 15 is 0 Å². The Morgan fingerprint density at radius 3 is 2.60 bits per heavy atom. The highest BCUT2D eigenvalue weighted by molar-refractivity contribution is 5.78. The number of nitrogens with zero attached hydrogens (tertiary/aromatic N) is 2. The summed E-state index contributed by atoms with van der Waals surface area (Å²) in [5, 5.41) is 0. The summed E-state index contributed by atoms with van der Waals surface area (Å²) in [7, 11) is 1.30. The fraction of sp³-hybridized carbons (Fsp3) is 0.643. The van der Waals surface area contributed by atoms with Crippen LogP contribution in [0.15, 0.2) is 18.7 Å². The van der Waals surface area contributed by atoms with E-state index in [0.29, 0.717) is 6.42 Å². The van der Waals surface area contributed by atoms with E-state index in [1.807, 2.05) is 10.8 Å². The summed E-state index contributed by atoms with van der Waals surface area (Å²) >= 11 is 0. The fourth-order valence-electron chi connectivity index (χ4n) is 1.95. The molecule has 1 aromatic heterocycles. The summed E-state index contributed by atoms with van der Waals surface area (Å²) in [5.41, 5.74) is 0. The SMILES string of the molecule is COC(=O)[C@H](CCCCCCn1ccnc1)OC(C)=O. The molecule has 1 heterocycles. The predicted octanol–water partition coefficient (Wildman–Crippen LogP) is 1.94. The zero-order chi connectivity index (χ0) is 14.8. The molecule has 0 unspecified atom stereocenters. The molecule has 0 radical (unpaired) electrons. The minimum Gasteiger partial charge on any atom is -0.466 e. The number of carbonyl (C=O) groups excluding carboxylic acids is 2. The minimum atomic E-state index is -0.772. The lowest BCUT2D eigenvalue weighted by atomic mass is 10.1. The van der Waals surface area contributed by atoms with Crippen LogP contribution in [0.25, 0.3) is 0 Å². The van der Waals surface area contributed by atoms with Crippen LogP contribution in [-0.4, -0.2) is 34.7 Å². The topological polar surface area (TPSA) is 70.4 Å². The second-order valence-electron chi connectivity index (χ2n) is 4.62. The average molecular weight is 282 g/mol. The summed E-state index contributed by atoms with van der Waals surface area (Å²) < 4.78 is 11.6. The Labute approximate surface area is 119 Å². The van der Waals surface area contributed by atoms with Gasteiger partial charge in [0.25, 0.3) is 0 Å². The zero-order valence-corrected chi connectivity index (χ0v) is 12.1. The molecule has 0 bridgehead atoms. The highest BCUT2D eigenvalue weighted by atomic mass is 16.6. The van der Waals surface area contributed by atoms with Crippen LogP contribution in [0.2, 0.25) is 0 Å². The van der Waals surface area contributed by atoms with Gasteiger partial charge in [-0.15, -0.1) is 0 Å². The maximum Gasteiger partial charge on any atom is 0.347 e. The van der Waals surface area contributed by atoms with Crippen LogP contribution in [0.5, 0.6) is 0 Å². The Balaban J connectivity index is 2.13. The third kappa shape index (κ3) is 6.36. The van der Waals surface area contributed by atoms with Gasteiger partial charge in [-0.1, -0.05) is 12.8 Å². The molecule has 0 N–H and O–H groups in total. The van der Waals surface area contributed by atoms with Crippen molar-refractivity contribution in [3.05, 3.63) is 18.7 Å². The Kier molecular flexibility index (Phi) is 7.39. The van der Waals surface area contributed by atoms with Crippen molar-refractivity contribution in [3.63, 3.8) is 0 Å². The van der Waals surface area contributed by atoms with Crippen molar-refractivity contribution >= 4 is 11.9 Å². The summed E-state index contributed by atoms with van der Waals surface area (Å²) in [4.78, 5) is 26.3. The first-order valence-corrected chi connectivity index (χ1v) is 6.84. The standard InChI is InChI=1S/C14H22N2O4/c1-12(17)20-13(14(18)19-2)7-5-3-4-6-9-16-10-8-15-11-16/h8,10-11,13H,3-7,9H2,1-2H3/t13-/m0/s1. The average Bonchev–Trinajstić information content (AvgIpc) is 2.93. The molecule has 1 rings (SSSR count). The normalized spacial score (nSPS) is 11.9. The molecule has 20 heavy (non-hydrogen) atoms. The van der Waals surface area contributed by atoms with E-state index in [1.54, 1.807) is 12.5 Å². The third-order valence-corrected chi connectivity index (χ3v) is 2.96. The molecule has 0 fully saturated rings. The number of ether oxygens (including phenoxy) is 2. The Morgan fingerprint density at radius 2 is 2.00 bits per heavy atom. The van der Waals surface area contributed by atoms with Crippen LogP contribution >= 0.6 is 0 Å². The lowest BCUT2D eigenvalue weighted by Gasteiger charge is -2.14. The first kappa shape index (κ1) is 16.2. The number of rotatable bonds is 9. The van der Waals surface area contributed by atoms with E-state index in [1.165, 1.54) is 14.0 Å². The highest BCUT2D eigenvalue weighted by Gasteiger charge is 2.21. The van der Waals surface area contributed by atoms with Gasteiger partial charge in [0.1, 0.15) is 0 Å². The number of hydrogen-bond acceptors (Lipinski definition) is 5. The lowest BCUT2D eigenvalue weighted by molar-refractivity contribution is -0.165. The number of aromatic nitrogens is 2. The Hall–Kier alpha value is -1.85. The van der Waals surface area contributed by atoms with Gasteiger partial charge < -0.3 is 14.0 Å². The minimum absolute atomic E-state index is 0.458. The number of hydrogen-bond donors (Lipinski definition) is 0. The van der Waals surface area contributed by atoms with Gasteiger partial charge in [-0.05, 0) is 19.3 Å². The number of esters is 2. The van der Waals surface area contributed by atoms with Gasteiger partial charge in [0.15, 0.2) is 6.10 Å². The Bertz CT molecular complexity index is 403. The van der Waals surface area contributed by atoms with Gasteiger partial charge in [0.2, 0.25) is 0 Å². The van der Waals surface area contributed by atoms with Crippen molar-refractivity contribution in [1.82, 2.24) is 9.55 Å². The molecule has 0 spiro atoms. The van der Waals surface area contributed by atoms with Gasteiger partial charge in [0, 0.05) is 25.9 Å². The van der Waals surface area contributed by atoms with Crippen molar-refractivity contribution < 1.29 is 19.1 Å². The summed E-state index contributed by atoms with van der Waals surface area (Å²) in [5.74, 6) is -0.945. The highest BCUT2D eigenvalue weighted by Crippen LogP contribution is 2.10. The van der Waals surface area contributed by atoms with Gasteiger partial charge >= 0.3 is 11.9 Å². The number of imidazole rings is 1. The summed E-state index contributed by atoms with van der Waals surface area (Å²) in [6.45, 7) is 2.24. The van der Waals surface area contributed by atoms with Crippen molar-refractivity contribution in [2.75, 3.05) is 7.11 Å². The molecular formula is C14H22N2O4. The smallest absolute Gasteiger partial charge is 0.347 e. The van der Waals surface area contributed by atoms with Crippen LogP contribution in [0.1, 0.15) is 39.0 Å². The van der Waals surface area contributed by atoms with E-state index in [0.717, 1.165) is 32.2 Å². The van der Waals surface area contributed by atoms with Crippen molar-refractivity contribution in [2.24, 2.45) is 0 Å². The van der Waals surface area contributed by atoms with E-state index in [-0.39, 0.29) is 0 Å². The van der Waals surface area contributed by atoms with Crippen molar-refractivity contribution in [2.45, 2.75) is 51.7 Å². The largest absolute Gasteiger partial charge is 0.466 e. The molecule has 1 aromatic rings. The summed E-state index contributed by atoms with van der Waals surface area (Å²) in [6, 6.07) is 0. The molecular weight excluding hydrogens is 260 g/mol. The molecule has 6 nitrogen and oxygen atoms in total. The van der Waals surface area contributed by atoms with E-state index in [9.17, 15) is 9.59 Å². The molecule has 0 aliphatic heterocycles. The number of methoxy groups -OCH3 is 1. The monoisotopic (exact) mass is 282 g/mol. The molecule has 0 amide bonds. The molecule has 0 aliphatic rings. The molecule has 1 atom stereocenters. The zero-order valence-electron chi connectivity index (χ0n) is 12.1. The van der Waals surface area contributed by atoms with Crippen LogP contribution in [0, 0.1) is 0 Å². The molecule has 112 valence electrons. The Morgan fingerprint density at radius 1 is 1.25 bits per heavy atom. The first-order chi connectivity index (χ1) is 9.63. The number of carbonyl (C=O) groups is 2. The van der Waals surface area contributed by atoms with Crippen LogP contribution in [-0.2, 0) is 25.6 Å². The molecule has 0 aromatic carbocycles. The van der Waals surface area contributed by atoms with Gasteiger partial charge in [0.05, 0.1) is 13.4 Å². The third-order valence-electron chi connectivity index (χ3n) is 2.96. The molecule has 0 saturated heterocycles. The predicted molar refractivity (Wildman–Crippen MR) is 72.9 cm³/mol. The van der Waals surface area contributed by atoms with Gasteiger partial charge in [-0.25, -0.2) is 9.78 Å². The van der Waals surface area contributed by atoms with E-state index < -0.39 is 18.0 Å². The molecule has 0 aliphatic carbocycles. The van der Waals surface area contributed by atoms with Crippen molar-refractivity contribution in [3.8, 4) is 0 Å². The molecule has 0 saturated carbocycles. The lowest BCUT2D eigenvalue weighted by Crippen LogP contribution is -2.27. The molecule has 6 heteroatoms. The fourth-order valence-corrected chi connectivity index (χ4v) is 1.95. The van der Waals surface area contributed by atoms with Crippen LogP contribution in [0.3, 0.4) is 0 Å². The van der Waals surface area contributed by atoms with Gasteiger partial charge in [-0.2, -0.15) is 0 Å². The van der Waals surface area contributed by atoms with E-state index in [4.69, 9.17) is 4.74 Å². The number of unbranched alkanes of at least 4 members (excludes halogenated alkanes) is 3. The van der Waals surface area contributed by atoms with Crippen molar-refractivity contribution in [1.29, 1.82) is 0 Å². The summed E-state index contributed by atoms with van der Waals surface area (Å²) in [6.07, 6.45) is 9.19.